The second-order valence-electron chi connectivity index (χ2n) is 6.30. The van der Waals surface area contributed by atoms with Crippen molar-refractivity contribution in [3.05, 3.63) is 29.8 Å². The van der Waals surface area contributed by atoms with Gasteiger partial charge in [-0.25, -0.2) is 0 Å². The molecular formula is C17H25BrO. The highest BCUT2D eigenvalue weighted by atomic mass is 79.9. The number of benzene rings is 1. The SMILES string of the molecule is COc1ccc(C(Br)C2(CC(C)C)CCCC2)cc1. The van der Waals surface area contributed by atoms with Gasteiger partial charge in [0.1, 0.15) is 5.75 Å². The Morgan fingerprint density at radius 2 is 1.74 bits per heavy atom. The number of methoxy groups -OCH3 is 1. The van der Waals surface area contributed by atoms with Crippen molar-refractivity contribution >= 4 is 15.9 Å². The lowest BCUT2D eigenvalue weighted by atomic mass is 9.74. The summed E-state index contributed by atoms with van der Waals surface area (Å²) >= 11 is 4.00. The molecule has 0 saturated heterocycles. The lowest BCUT2D eigenvalue weighted by Gasteiger charge is -2.36. The van der Waals surface area contributed by atoms with E-state index in [9.17, 15) is 0 Å². The van der Waals surface area contributed by atoms with Crippen LogP contribution in [0, 0.1) is 11.3 Å². The molecule has 1 aliphatic rings. The maximum atomic E-state index is 5.25. The van der Waals surface area contributed by atoms with E-state index in [0.717, 1.165) is 11.7 Å². The maximum Gasteiger partial charge on any atom is 0.118 e. The van der Waals surface area contributed by atoms with Crippen molar-refractivity contribution in [3.63, 3.8) is 0 Å². The highest BCUT2D eigenvalue weighted by Gasteiger charge is 2.40. The van der Waals surface area contributed by atoms with Crippen LogP contribution in [0.2, 0.25) is 0 Å². The summed E-state index contributed by atoms with van der Waals surface area (Å²) in [4.78, 5) is 0.468. The van der Waals surface area contributed by atoms with E-state index in [-0.39, 0.29) is 0 Å². The number of hydrogen-bond acceptors (Lipinski definition) is 1. The smallest absolute Gasteiger partial charge is 0.118 e. The van der Waals surface area contributed by atoms with Crippen molar-refractivity contribution in [1.29, 1.82) is 0 Å². The molecule has 1 unspecified atom stereocenters. The van der Waals surface area contributed by atoms with Gasteiger partial charge >= 0.3 is 0 Å². The second kappa shape index (κ2) is 6.30. The molecule has 0 spiro atoms. The minimum atomic E-state index is 0.447. The van der Waals surface area contributed by atoms with Gasteiger partial charge in [0.15, 0.2) is 0 Å². The van der Waals surface area contributed by atoms with E-state index < -0.39 is 0 Å². The number of rotatable bonds is 5. The zero-order valence-electron chi connectivity index (χ0n) is 12.3. The van der Waals surface area contributed by atoms with Crippen LogP contribution in [0.15, 0.2) is 24.3 Å². The predicted octanol–water partition coefficient (Wildman–Crippen LogP) is 5.74. The number of alkyl halides is 1. The van der Waals surface area contributed by atoms with E-state index in [1.807, 2.05) is 0 Å². The summed E-state index contributed by atoms with van der Waals surface area (Å²) < 4.78 is 5.25. The van der Waals surface area contributed by atoms with Crippen LogP contribution in [0.1, 0.15) is 56.3 Å². The molecule has 0 amide bonds. The molecule has 2 rings (SSSR count). The summed E-state index contributed by atoms with van der Waals surface area (Å²) in [6.07, 6.45) is 6.78. The molecule has 1 atom stereocenters. The van der Waals surface area contributed by atoms with Gasteiger partial charge < -0.3 is 4.74 Å². The Balaban J connectivity index is 2.20. The molecule has 1 aromatic carbocycles. The fourth-order valence-electron chi connectivity index (χ4n) is 3.58. The van der Waals surface area contributed by atoms with Gasteiger partial charge in [-0.2, -0.15) is 0 Å². The van der Waals surface area contributed by atoms with Crippen molar-refractivity contribution in [2.75, 3.05) is 7.11 Å². The molecule has 1 nitrogen and oxygen atoms in total. The van der Waals surface area contributed by atoms with Crippen LogP contribution in [0.4, 0.5) is 0 Å². The first-order chi connectivity index (χ1) is 9.07. The fourth-order valence-corrected chi connectivity index (χ4v) is 4.53. The van der Waals surface area contributed by atoms with Crippen LogP contribution in [0.3, 0.4) is 0 Å². The Morgan fingerprint density at radius 3 is 2.21 bits per heavy atom. The lowest BCUT2D eigenvalue weighted by Crippen LogP contribution is -2.24. The summed E-state index contributed by atoms with van der Waals surface area (Å²) in [6.45, 7) is 4.68. The zero-order valence-corrected chi connectivity index (χ0v) is 13.9. The van der Waals surface area contributed by atoms with Gasteiger partial charge in [0.25, 0.3) is 0 Å². The predicted molar refractivity (Wildman–Crippen MR) is 85.0 cm³/mol. The van der Waals surface area contributed by atoms with E-state index >= 15 is 0 Å². The maximum absolute atomic E-state index is 5.25. The average Bonchev–Trinajstić information content (AvgIpc) is 2.87. The molecular weight excluding hydrogens is 300 g/mol. The summed E-state index contributed by atoms with van der Waals surface area (Å²) in [6, 6.07) is 8.56. The van der Waals surface area contributed by atoms with Crippen LogP contribution in [-0.4, -0.2) is 7.11 Å². The van der Waals surface area contributed by atoms with Crippen molar-refractivity contribution in [2.45, 2.75) is 50.8 Å². The van der Waals surface area contributed by atoms with Crippen molar-refractivity contribution in [2.24, 2.45) is 11.3 Å². The van der Waals surface area contributed by atoms with Crippen LogP contribution in [-0.2, 0) is 0 Å². The molecule has 1 aliphatic carbocycles. The van der Waals surface area contributed by atoms with Crippen LogP contribution >= 0.6 is 15.9 Å². The normalized spacial score (nSPS) is 19.6. The van der Waals surface area contributed by atoms with Crippen LogP contribution in [0.25, 0.3) is 0 Å². The largest absolute Gasteiger partial charge is 0.497 e. The third-order valence-corrected chi connectivity index (χ3v) is 5.86. The Labute approximate surface area is 125 Å². The minimum Gasteiger partial charge on any atom is -0.497 e. The van der Waals surface area contributed by atoms with Gasteiger partial charge in [-0.15, -0.1) is 0 Å². The summed E-state index contributed by atoms with van der Waals surface area (Å²) in [5.74, 6) is 1.70. The van der Waals surface area contributed by atoms with Gasteiger partial charge in [0, 0.05) is 4.83 Å². The second-order valence-corrected chi connectivity index (χ2v) is 7.22. The fraction of sp³-hybridized carbons (Fsp3) is 0.647. The molecule has 2 heteroatoms. The van der Waals surface area contributed by atoms with Crippen LogP contribution < -0.4 is 4.74 Å². The third-order valence-electron chi connectivity index (χ3n) is 4.36. The monoisotopic (exact) mass is 324 g/mol. The molecule has 0 aliphatic heterocycles. The van der Waals surface area contributed by atoms with E-state index in [4.69, 9.17) is 4.74 Å². The van der Waals surface area contributed by atoms with E-state index in [0.29, 0.717) is 10.2 Å². The van der Waals surface area contributed by atoms with Gasteiger partial charge in [-0.1, -0.05) is 54.8 Å². The van der Waals surface area contributed by atoms with E-state index in [1.165, 1.54) is 37.7 Å². The number of hydrogen-bond donors (Lipinski definition) is 0. The molecule has 106 valence electrons. The topological polar surface area (TPSA) is 9.23 Å². The third kappa shape index (κ3) is 3.34. The lowest BCUT2D eigenvalue weighted by molar-refractivity contribution is 0.230. The van der Waals surface area contributed by atoms with Crippen LogP contribution in [0.5, 0.6) is 5.75 Å². The average molecular weight is 325 g/mol. The highest BCUT2D eigenvalue weighted by Crippen LogP contribution is 2.55. The van der Waals surface area contributed by atoms with Crippen molar-refractivity contribution in [1.82, 2.24) is 0 Å². The molecule has 0 N–H and O–H groups in total. The van der Waals surface area contributed by atoms with Gasteiger partial charge in [0.2, 0.25) is 0 Å². The Bertz CT molecular complexity index is 390. The molecule has 0 radical (unpaired) electrons. The quantitative estimate of drug-likeness (QED) is 0.628. The first-order valence-electron chi connectivity index (χ1n) is 7.35. The standard InChI is InChI=1S/C17H25BrO/c1-13(2)12-17(10-4-5-11-17)16(18)14-6-8-15(19-3)9-7-14/h6-9,13,16H,4-5,10-12H2,1-3H3. The Hall–Kier alpha value is -0.500. The zero-order chi connectivity index (χ0) is 13.9. The molecule has 0 heterocycles. The summed E-state index contributed by atoms with van der Waals surface area (Å²) in [7, 11) is 1.72. The first kappa shape index (κ1) is 14.9. The number of ether oxygens (including phenoxy) is 1. The van der Waals surface area contributed by atoms with Gasteiger partial charge in [-0.3, -0.25) is 0 Å². The highest BCUT2D eigenvalue weighted by molar-refractivity contribution is 9.09. The first-order valence-corrected chi connectivity index (χ1v) is 8.27. The van der Waals surface area contributed by atoms with Gasteiger partial charge in [-0.05, 0) is 48.3 Å². The molecule has 1 aromatic rings. The van der Waals surface area contributed by atoms with E-state index in [2.05, 4.69) is 54.0 Å². The molecule has 1 saturated carbocycles. The van der Waals surface area contributed by atoms with Crippen molar-refractivity contribution < 1.29 is 4.74 Å². The molecule has 19 heavy (non-hydrogen) atoms. The molecule has 0 bridgehead atoms. The Morgan fingerprint density at radius 1 is 1.16 bits per heavy atom. The molecule has 1 fully saturated rings. The van der Waals surface area contributed by atoms with Crippen molar-refractivity contribution in [3.8, 4) is 5.75 Å². The summed E-state index contributed by atoms with van der Waals surface area (Å²) in [5.41, 5.74) is 1.84. The van der Waals surface area contributed by atoms with E-state index in [1.54, 1.807) is 7.11 Å². The van der Waals surface area contributed by atoms with Gasteiger partial charge in [0.05, 0.1) is 7.11 Å². The summed E-state index contributed by atoms with van der Waals surface area (Å²) in [5, 5.41) is 0. The number of halogens is 1. The Kier molecular flexibility index (Phi) is 4.94. The minimum absolute atomic E-state index is 0.447. The molecule has 0 aromatic heterocycles.